The fourth-order valence-corrected chi connectivity index (χ4v) is 3.74. The zero-order valence-electron chi connectivity index (χ0n) is 14.6. The van der Waals surface area contributed by atoms with Crippen LogP contribution in [0.15, 0.2) is 48.7 Å². The number of fused-ring (bicyclic) bond motifs is 3. The number of H-pyrrole nitrogens is 1. The lowest BCUT2D eigenvalue weighted by Crippen LogP contribution is -2.07. The van der Waals surface area contributed by atoms with Crippen LogP contribution in [0.2, 0.25) is 5.02 Å². The number of nitrogens with one attached hydrogen (secondary N) is 1. The third-order valence-electron chi connectivity index (χ3n) is 4.68. The minimum absolute atomic E-state index is 0.0118. The molecule has 0 amide bonds. The third-order valence-corrected chi connectivity index (χ3v) is 5.05. The number of hydrogen-bond acceptors (Lipinski definition) is 3. The average Bonchev–Trinajstić information content (AvgIpc) is 3.03. The Hall–Kier alpha value is -2.89. The third kappa shape index (κ3) is 3.05. The predicted molar refractivity (Wildman–Crippen MR) is 106 cm³/mol. The molecule has 5 nitrogen and oxygen atoms in total. The molecule has 2 N–H and O–H groups in total. The number of aromatic amines is 1. The maximum absolute atomic E-state index is 11.7. The van der Waals surface area contributed by atoms with Gasteiger partial charge in [-0.2, -0.15) is 0 Å². The van der Waals surface area contributed by atoms with Gasteiger partial charge in [-0.3, -0.25) is 0 Å². The molecule has 0 saturated carbocycles. The number of pyridine rings is 1. The van der Waals surface area contributed by atoms with E-state index in [0.29, 0.717) is 17.0 Å². The molecule has 0 aliphatic heterocycles. The summed E-state index contributed by atoms with van der Waals surface area (Å²) in [5.74, 6) is -1.07. The highest BCUT2D eigenvalue weighted by molar-refractivity contribution is 6.31. The van der Waals surface area contributed by atoms with Crippen LogP contribution in [-0.4, -0.2) is 28.2 Å². The molecule has 27 heavy (non-hydrogen) atoms. The number of carboxylic acids is 1. The molecule has 0 unspecified atom stereocenters. The summed E-state index contributed by atoms with van der Waals surface area (Å²) in [6, 6.07) is 13.7. The molecule has 0 spiro atoms. The second kappa shape index (κ2) is 7.02. The fraction of sp³-hybridized carbons (Fsp3) is 0.143. The number of halogens is 1. The monoisotopic (exact) mass is 380 g/mol. The van der Waals surface area contributed by atoms with Crippen molar-refractivity contribution in [3.8, 4) is 0 Å². The number of methoxy groups -OCH3 is 1. The molecule has 2 heterocycles. The van der Waals surface area contributed by atoms with Crippen LogP contribution in [0.4, 0.5) is 0 Å². The summed E-state index contributed by atoms with van der Waals surface area (Å²) < 4.78 is 5.28. The van der Waals surface area contributed by atoms with Gasteiger partial charge >= 0.3 is 5.97 Å². The van der Waals surface area contributed by atoms with Crippen LogP contribution in [0, 0.1) is 0 Å². The molecule has 136 valence electrons. The van der Waals surface area contributed by atoms with Crippen LogP contribution in [0.3, 0.4) is 0 Å². The van der Waals surface area contributed by atoms with Crippen molar-refractivity contribution in [2.45, 2.75) is 13.0 Å². The molecule has 0 bridgehead atoms. The Morgan fingerprint density at radius 3 is 2.63 bits per heavy atom. The highest BCUT2D eigenvalue weighted by Gasteiger charge is 2.20. The van der Waals surface area contributed by atoms with Gasteiger partial charge in [-0.1, -0.05) is 41.9 Å². The van der Waals surface area contributed by atoms with E-state index >= 15 is 0 Å². The van der Waals surface area contributed by atoms with Gasteiger partial charge in [0.05, 0.1) is 18.3 Å². The van der Waals surface area contributed by atoms with Gasteiger partial charge in [-0.15, -0.1) is 0 Å². The molecule has 0 aliphatic carbocycles. The molecule has 0 aliphatic rings. The Labute approximate surface area is 160 Å². The Kier molecular flexibility index (Phi) is 4.56. The van der Waals surface area contributed by atoms with E-state index < -0.39 is 5.97 Å². The second-order valence-corrected chi connectivity index (χ2v) is 6.75. The number of nitrogens with zero attached hydrogens (tertiary/aromatic N) is 1. The summed E-state index contributed by atoms with van der Waals surface area (Å²) in [6.07, 6.45) is 2.21. The van der Waals surface area contributed by atoms with Crippen LogP contribution < -0.4 is 0 Å². The number of carboxylic acid groups (broad SMARTS) is 1. The van der Waals surface area contributed by atoms with E-state index in [1.807, 2.05) is 42.5 Å². The van der Waals surface area contributed by atoms with Gasteiger partial charge in [0.15, 0.2) is 5.69 Å². The minimum atomic E-state index is -1.07. The summed E-state index contributed by atoms with van der Waals surface area (Å²) >= 11 is 6.35. The Morgan fingerprint density at radius 1 is 1.11 bits per heavy atom. The van der Waals surface area contributed by atoms with Gasteiger partial charge in [-0.05, 0) is 29.7 Å². The Balaban J connectivity index is 2.02. The SMILES string of the molecule is COCc1c(C(=O)O)ncc2[nH]c3cccc(Cc4ccccc4Cl)c3c12. The molecule has 4 aromatic rings. The standard InChI is InChI=1S/C21H17ClN2O3/c1-27-11-14-19-17(10-23-20(14)21(25)26)24-16-8-4-6-13(18(16)19)9-12-5-2-3-7-15(12)22/h2-8,10,24H,9,11H2,1H3,(H,25,26). The minimum Gasteiger partial charge on any atom is -0.477 e. The van der Waals surface area contributed by atoms with Crippen LogP contribution in [0.25, 0.3) is 21.8 Å². The first-order valence-corrected chi connectivity index (χ1v) is 8.84. The first kappa shape index (κ1) is 17.5. The molecule has 0 saturated heterocycles. The normalized spacial score (nSPS) is 11.3. The fourth-order valence-electron chi connectivity index (χ4n) is 3.54. The van der Waals surface area contributed by atoms with E-state index in [0.717, 1.165) is 32.9 Å². The summed E-state index contributed by atoms with van der Waals surface area (Å²) in [5, 5.41) is 12.1. The average molecular weight is 381 g/mol. The largest absolute Gasteiger partial charge is 0.477 e. The second-order valence-electron chi connectivity index (χ2n) is 6.35. The summed E-state index contributed by atoms with van der Waals surface area (Å²) in [5.41, 5.74) is 4.37. The van der Waals surface area contributed by atoms with Gasteiger partial charge < -0.3 is 14.8 Å². The van der Waals surface area contributed by atoms with Crippen LogP contribution >= 0.6 is 11.6 Å². The van der Waals surface area contributed by atoms with Crippen molar-refractivity contribution in [1.29, 1.82) is 0 Å². The van der Waals surface area contributed by atoms with Crippen molar-refractivity contribution >= 4 is 39.4 Å². The first-order valence-electron chi connectivity index (χ1n) is 8.47. The maximum atomic E-state index is 11.7. The highest BCUT2D eigenvalue weighted by atomic mass is 35.5. The van der Waals surface area contributed by atoms with Gasteiger partial charge in [0, 0.05) is 34.0 Å². The van der Waals surface area contributed by atoms with Gasteiger partial charge in [-0.25, -0.2) is 9.78 Å². The molecular weight excluding hydrogens is 364 g/mol. The summed E-state index contributed by atoms with van der Waals surface area (Å²) in [4.78, 5) is 19.1. The van der Waals surface area contributed by atoms with Crippen molar-refractivity contribution < 1.29 is 14.6 Å². The van der Waals surface area contributed by atoms with Crippen molar-refractivity contribution in [2.24, 2.45) is 0 Å². The van der Waals surface area contributed by atoms with E-state index in [1.165, 1.54) is 0 Å². The van der Waals surface area contributed by atoms with Crippen LogP contribution in [0.1, 0.15) is 27.2 Å². The van der Waals surface area contributed by atoms with Crippen molar-refractivity contribution in [3.63, 3.8) is 0 Å². The van der Waals surface area contributed by atoms with E-state index in [4.69, 9.17) is 16.3 Å². The Bertz CT molecular complexity index is 1170. The van der Waals surface area contributed by atoms with E-state index in [2.05, 4.69) is 9.97 Å². The van der Waals surface area contributed by atoms with E-state index in [9.17, 15) is 9.90 Å². The number of benzene rings is 2. The maximum Gasteiger partial charge on any atom is 0.354 e. The van der Waals surface area contributed by atoms with E-state index in [1.54, 1.807) is 13.3 Å². The van der Waals surface area contributed by atoms with E-state index in [-0.39, 0.29) is 12.3 Å². The van der Waals surface area contributed by atoms with Gasteiger partial charge in [0.25, 0.3) is 0 Å². The molecular formula is C21H17ClN2O3. The van der Waals surface area contributed by atoms with Gasteiger partial charge in [0.2, 0.25) is 0 Å². The number of aromatic nitrogens is 2. The van der Waals surface area contributed by atoms with Crippen LogP contribution in [-0.2, 0) is 17.8 Å². The quantitative estimate of drug-likeness (QED) is 0.521. The molecule has 0 atom stereocenters. The molecule has 6 heteroatoms. The first-order chi connectivity index (χ1) is 13.1. The van der Waals surface area contributed by atoms with Crippen LogP contribution in [0.5, 0.6) is 0 Å². The molecule has 4 rings (SSSR count). The summed E-state index contributed by atoms with van der Waals surface area (Å²) in [6.45, 7) is 0.166. The molecule has 2 aromatic heterocycles. The van der Waals surface area contributed by atoms with Crippen molar-refractivity contribution in [3.05, 3.63) is 76.1 Å². The number of hydrogen-bond donors (Lipinski definition) is 2. The smallest absolute Gasteiger partial charge is 0.354 e. The lowest BCUT2D eigenvalue weighted by Gasteiger charge is -2.10. The highest BCUT2D eigenvalue weighted by Crippen LogP contribution is 2.34. The lowest BCUT2D eigenvalue weighted by molar-refractivity contribution is 0.0685. The number of rotatable bonds is 5. The lowest BCUT2D eigenvalue weighted by atomic mass is 9.97. The molecule has 2 aromatic carbocycles. The molecule has 0 radical (unpaired) electrons. The summed E-state index contributed by atoms with van der Waals surface area (Å²) in [7, 11) is 1.55. The number of carbonyl (C=O) groups is 1. The zero-order chi connectivity index (χ0) is 19.0. The van der Waals surface area contributed by atoms with Crippen molar-refractivity contribution in [1.82, 2.24) is 9.97 Å². The predicted octanol–water partition coefficient (Wildman–Crippen LogP) is 4.80. The van der Waals surface area contributed by atoms with Crippen molar-refractivity contribution in [2.75, 3.05) is 7.11 Å². The zero-order valence-corrected chi connectivity index (χ0v) is 15.4. The van der Waals surface area contributed by atoms with Gasteiger partial charge in [0.1, 0.15) is 0 Å². The molecule has 0 fully saturated rings. The number of ether oxygens (including phenoxy) is 1. The topological polar surface area (TPSA) is 75.2 Å². The number of aromatic carboxylic acids is 1. The Morgan fingerprint density at radius 2 is 1.89 bits per heavy atom.